The molecule has 0 heterocycles. The van der Waals surface area contributed by atoms with Crippen LogP contribution in [0, 0.1) is 0 Å². The number of ether oxygens (including phenoxy) is 2. The van der Waals surface area contributed by atoms with Crippen LogP contribution in [0.15, 0.2) is 12.1 Å². The average molecular weight is 260 g/mol. The Hall–Kier alpha value is -1.78. The molecule has 0 saturated heterocycles. The first kappa shape index (κ1) is 13.7. The molecule has 19 heavy (non-hydrogen) atoms. The van der Waals surface area contributed by atoms with Gasteiger partial charge in [-0.2, -0.15) is 0 Å². The van der Waals surface area contributed by atoms with Gasteiger partial charge in [0.05, 0.1) is 12.7 Å². The van der Waals surface area contributed by atoms with Gasteiger partial charge in [0.2, 0.25) is 0 Å². The Labute approximate surface area is 113 Å². The van der Waals surface area contributed by atoms with Gasteiger partial charge in [0.25, 0.3) is 0 Å². The van der Waals surface area contributed by atoms with Crippen LogP contribution in [0.2, 0.25) is 0 Å². The molecule has 1 aromatic carbocycles. The molecule has 1 saturated carbocycles. The summed E-state index contributed by atoms with van der Waals surface area (Å²) in [5, 5.41) is 0. The van der Waals surface area contributed by atoms with Crippen LogP contribution in [0.1, 0.15) is 47.2 Å². The smallest absolute Gasteiger partial charge is 0.338 e. The summed E-state index contributed by atoms with van der Waals surface area (Å²) in [4.78, 5) is 22.7. The molecular formula is C14H17BO4. The highest BCUT2D eigenvalue weighted by Crippen LogP contribution is 2.41. The quantitative estimate of drug-likeness (QED) is 0.590. The zero-order chi connectivity index (χ0) is 14.0. The number of benzene rings is 1. The number of carbonyl (C=O) groups is 2. The largest absolute Gasteiger partial charge is 0.465 e. The van der Waals surface area contributed by atoms with Crippen LogP contribution in [0.4, 0.5) is 0 Å². The van der Waals surface area contributed by atoms with Gasteiger partial charge in [-0.05, 0) is 36.0 Å². The SMILES string of the molecule is Bc1c(COC(C)=O)ccc(C(=O)OC)c1C1CC1. The zero-order valence-electron chi connectivity index (χ0n) is 11.5. The molecule has 0 amide bonds. The first-order valence-corrected chi connectivity index (χ1v) is 6.38. The van der Waals surface area contributed by atoms with E-state index in [-0.39, 0.29) is 18.5 Å². The molecule has 1 aliphatic rings. The fourth-order valence-electron chi connectivity index (χ4n) is 2.30. The highest BCUT2D eigenvalue weighted by atomic mass is 16.5. The summed E-state index contributed by atoms with van der Waals surface area (Å²) in [5.74, 6) is -0.167. The molecule has 0 N–H and O–H groups in total. The summed E-state index contributed by atoms with van der Waals surface area (Å²) in [7, 11) is 3.36. The van der Waals surface area contributed by atoms with Crippen molar-refractivity contribution in [3.63, 3.8) is 0 Å². The van der Waals surface area contributed by atoms with Crippen molar-refractivity contribution in [2.24, 2.45) is 0 Å². The van der Waals surface area contributed by atoms with E-state index in [1.807, 2.05) is 13.9 Å². The molecule has 4 nitrogen and oxygen atoms in total. The summed E-state index contributed by atoms with van der Waals surface area (Å²) in [6, 6.07) is 3.60. The molecule has 1 fully saturated rings. The van der Waals surface area contributed by atoms with Gasteiger partial charge >= 0.3 is 11.9 Å². The first-order valence-electron chi connectivity index (χ1n) is 6.38. The van der Waals surface area contributed by atoms with Crippen LogP contribution in [-0.2, 0) is 20.9 Å². The maximum absolute atomic E-state index is 11.8. The lowest BCUT2D eigenvalue weighted by Gasteiger charge is -2.15. The standard InChI is InChI=1S/C14H17BO4/c1-8(16)19-7-10-5-6-11(14(17)18-2)12(13(10)15)9-3-4-9/h5-6,9H,3-4,7,15H2,1-2H3. The van der Waals surface area contributed by atoms with Crippen LogP contribution >= 0.6 is 0 Å². The van der Waals surface area contributed by atoms with Gasteiger partial charge in [-0.15, -0.1) is 0 Å². The molecule has 0 radical (unpaired) electrons. The van der Waals surface area contributed by atoms with Gasteiger partial charge in [-0.25, -0.2) is 4.79 Å². The van der Waals surface area contributed by atoms with E-state index in [2.05, 4.69) is 0 Å². The monoisotopic (exact) mass is 260 g/mol. The van der Waals surface area contributed by atoms with Crippen LogP contribution in [0.25, 0.3) is 0 Å². The van der Waals surface area contributed by atoms with Crippen LogP contribution in [-0.4, -0.2) is 26.9 Å². The maximum Gasteiger partial charge on any atom is 0.338 e. The molecule has 0 spiro atoms. The predicted molar refractivity (Wildman–Crippen MR) is 73.4 cm³/mol. The number of hydrogen-bond acceptors (Lipinski definition) is 4. The lowest BCUT2D eigenvalue weighted by Crippen LogP contribution is -2.22. The van der Waals surface area contributed by atoms with E-state index in [9.17, 15) is 9.59 Å². The second-order valence-electron chi connectivity index (χ2n) is 4.86. The van der Waals surface area contributed by atoms with Crippen molar-refractivity contribution in [3.05, 3.63) is 28.8 Å². The maximum atomic E-state index is 11.8. The van der Waals surface area contributed by atoms with E-state index in [1.165, 1.54) is 14.0 Å². The number of esters is 2. The van der Waals surface area contributed by atoms with Gasteiger partial charge in [0, 0.05) is 6.92 Å². The lowest BCUT2D eigenvalue weighted by atomic mass is 9.81. The Balaban J connectivity index is 2.36. The summed E-state index contributed by atoms with van der Waals surface area (Å²) in [6.45, 7) is 1.64. The highest BCUT2D eigenvalue weighted by Gasteiger charge is 2.30. The van der Waals surface area contributed by atoms with Gasteiger partial charge in [-0.3, -0.25) is 4.79 Å². The molecule has 0 aliphatic heterocycles. The van der Waals surface area contributed by atoms with Gasteiger partial charge < -0.3 is 9.47 Å². The summed E-state index contributed by atoms with van der Waals surface area (Å²) in [5.41, 5.74) is 3.67. The van der Waals surface area contributed by atoms with Crippen LogP contribution in [0.5, 0.6) is 0 Å². The topological polar surface area (TPSA) is 52.6 Å². The third-order valence-electron chi connectivity index (χ3n) is 3.45. The van der Waals surface area contributed by atoms with Gasteiger partial charge in [0.15, 0.2) is 0 Å². The molecule has 0 unspecified atom stereocenters. The molecule has 2 rings (SSSR count). The molecule has 100 valence electrons. The van der Waals surface area contributed by atoms with Crippen molar-refractivity contribution in [1.82, 2.24) is 0 Å². The van der Waals surface area contributed by atoms with Gasteiger partial charge in [0.1, 0.15) is 14.5 Å². The first-order chi connectivity index (χ1) is 9.04. The Morgan fingerprint density at radius 3 is 2.58 bits per heavy atom. The van der Waals surface area contributed by atoms with Crippen molar-refractivity contribution in [2.45, 2.75) is 32.3 Å². The number of carbonyl (C=O) groups excluding carboxylic acids is 2. The molecular weight excluding hydrogens is 243 g/mol. The fourth-order valence-corrected chi connectivity index (χ4v) is 2.30. The second kappa shape index (κ2) is 5.47. The van der Waals surface area contributed by atoms with E-state index < -0.39 is 0 Å². The van der Waals surface area contributed by atoms with Crippen LogP contribution < -0.4 is 5.46 Å². The number of rotatable bonds is 4. The molecule has 1 aromatic rings. The Kier molecular flexibility index (Phi) is 3.93. The van der Waals surface area contributed by atoms with E-state index >= 15 is 0 Å². The van der Waals surface area contributed by atoms with Crippen molar-refractivity contribution < 1.29 is 19.1 Å². The van der Waals surface area contributed by atoms with Gasteiger partial charge in [-0.1, -0.05) is 11.5 Å². The molecule has 5 heteroatoms. The average Bonchev–Trinajstić information content (AvgIpc) is 3.20. The van der Waals surface area contributed by atoms with Crippen molar-refractivity contribution in [2.75, 3.05) is 7.11 Å². The Morgan fingerprint density at radius 1 is 1.37 bits per heavy atom. The zero-order valence-corrected chi connectivity index (χ0v) is 11.5. The summed E-state index contributed by atoms with van der Waals surface area (Å²) >= 11 is 0. The summed E-state index contributed by atoms with van der Waals surface area (Å²) < 4.78 is 9.86. The lowest BCUT2D eigenvalue weighted by molar-refractivity contribution is -0.142. The molecule has 0 atom stereocenters. The van der Waals surface area contributed by atoms with E-state index in [1.54, 1.807) is 6.07 Å². The minimum Gasteiger partial charge on any atom is -0.465 e. The number of hydrogen-bond donors (Lipinski definition) is 0. The Bertz CT molecular complexity index is 520. The van der Waals surface area contributed by atoms with E-state index in [4.69, 9.17) is 9.47 Å². The number of methoxy groups -OCH3 is 1. The minimum atomic E-state index is -0.302. The van der Waals surface area contributed by atoms with E-state index in [0.29, 0.717) is 11.5 Å². The highest BCUT2D eigenvalue weighted by molar-refractivity contribution is 6.35. The molecule has 0 aromatic heterocycles. The summed E-state index contributed by atoms with van der Waals surface area (Å²) in [6.07, 6.45) is 2.20. The minimum absolute atomic E-state index is 0.252. The van der Waals surface area contributed by atoms with E-state index in [0.717, 1.165) is 29.4 Å². The third kappa shape index (κ3) is 2.97. The normalized spacial score (nSPS) is 14.0. The fraction of sp³-hybridized carbons (Fsp3) is 0.429. The predicted octanol–water partition coefficient (Wildman–Crippen LogP) is 0.672. The molecule has 1 aliphatic carbocycles. The van der Waals surface area contributed by atoms with Crippen molar-refractivity contribution >= 4 is 25.2 Å². The van der Waals surface area contributed by atoms with Crippen molar-refractivity contribution in [1.29, 1.82) is 0 Å². The van der Waals surface area contributed by atoms with Crippen molar-refractivity contribution in [3.8, 4) is 0 Å². The van der Waals surface area contributed by atoms with Crippen LogP contribution in [0.3, 0.4) is 0 Å². The molecule has 0 bridgehead atoms. The third-order valence-corrected chi connectivity index (χ3v) is 3.45. The Morgan fingerprint density at radius 2 is 2.05 bits per heavy atom. The second-order valence-corrected chi connectivity index (χ2v) is 4.86.